The van der Waals surface area contributed by atoms with Gasteiger partial charge < -0.3 is 19.9 Å². The molecule has 226 valence electrons. The molecule has 42 heavy (non-hydrogen) atoms. The first-order chi connectivity index (χ1) is 20.1. The van der Waals surface area contributed by atoms with Crippen molar-refractivity contribution >= 4 is 28.8 Å². The molecule has 2 unspecified atom stereocenters. The first kappa shape index (κ1) is 29.6. The number of nitrogens with one attached hydrogen (secondary N) is 3. The highest BCUT2D eigenvalue weighted by molar-refractivity contribution is 5.89. The molecule has 6 rings (SSSR count). The summed E-state index contributed by atoms with van der Waals surface area (Å²) in [4.78, 5) is 49.7. The van der Waals surface area contributed by atoms with E-state index in [2.05, 4.69) is 49.5 Å². The monoisotopic (exact) mass is 578 g/mol. The summed E-state index contributed by atoms with van der Waals surface area (Å²) in [7, 11) is 0. The molecular weight excluding hydrogens is 536 g/mol. The molecule has 12 heteroatoms. The summed E-state index contributed by atoms with van der Waals surface area (Å²) in [5.41, 5.74) is 5.72. The van der Waals surface area contributed by atoms with Crippen molar-refractivity contribution in [1.29, 1.82) is 0 Å². The molecular formula is C30H42N8O4. The van der Waals surface area contributed by atoms with Crippen LogP contribution in [0.1, 0.15) is 65.3 Å². The number of ether oxygens (including phenoxy) is 1. The average molecular weight is 579 g/mol. The maximum Gasteiger partial charge on any atom is 0.324 e. The predicted octanol–water partition coefficient (Wildman–Crippen LogP) is 3.38. The van der Waals surface area contributed by atoms with Gasteiger partial charge in [0.25, 0.3) is 5.91 Å². The Kier molecular flexibility index (Phi) is 8.53. The number of hydrogen-bond donors (Lipinski definition) is 3. The van der Waals surface area contributed by atoms with Gasteiger partial charge in [-0.1, -0.05) is 34.1 Å². The maximum absolute atomic E-state index is 13.7. The minimum absolute atomic E-state index is 0.126. The molecule has 8 bridgehead atoms. The number of cyclic esters (lactones) is 1. The lowest BCUT2D eigenvalue weighted by atomic mass is 9.86. The van der Waals surface area contributed by atoms with Crippen molar-refractivity contribution in [2.45, 2.75) is 85.5 Å². The number of H-pyrrole nitrogens is 1. The molecule has 3 N–H and O–H groups in total. The molecule has 2 aromatic heterocycles. The first-order valence-corrected chi connectivity index (χ1v) is 15.0. The smallest absolute Gasteiger partial charge is 0.324 e. The molecule has 0 aliphatic carbocycles. The number of aromatic nitrogens is 4. The average Bonchev–Trinajstić information content (AvgIpc) is 3.57. The molecule has 0 spiro atoms. The molecule has 3 aliphatic heterocycles. The van der Waals surface area contributed by atoms with Crippen LogP contribution in [0.25, 0.3) is 22.3 Å². The first-order valence-electron chi connectivity index (χ1n) is 15.0. The standard InChI is InChI=1S/C27H34N8O4.C3H8/c1-4-33-15-35-23-16-7-8-19-18(10-16)17(13-28-19)12-27(2,3)14-39-25(37)20-6-5-9-34(31-20)24(36)21(29-26(33)38)11-22(30-23)32-35;1-3-2/h7-8,10,13,20-21,28,31H,4-6,9,11-12,14-15H2,1-3H3,(H,29,38);3H2,1-2H3. The van der Waals surface area contributed by atoms with Gasteiger partial charge in [-0.15, -0.1) is 0 Å². The van der Waals surface area contributed by atoms with Crippen LogP contribution in [0.15, 0.2) is 24.4 Å². The van der Waals surface area contributed by atoms with Crippen molar-refractivity contribution in [3.8, 4) is 11.4 Å². The van der Waals surface area contributed by atoms with Crippen molar-refractivity contribution in [1.82, 2.24) is 40.4 Å². The lowest BCUT2D eigenvalue weighted by Crippen LogP contribution is -2.61. The third-order valence-corrected chi connectivity index (χ3v) is 7.71. The Morgan fingerprint density at radius 3 is 2.67 bits per heavy atom. The Morgan fingerprint density at radius 2 is 1.90 bits per heavy atom. The summed E-state index contributed by atoms with van der Waals surface area (Å²) in [5, 5.41) is 10.1. The quantitative estimate of drug-likeness (QED) is 0.377. The third kappa shape index (κ3) is 6.13. The van der Waals surface area contributed by atoms with Gasteiger partial charge in [0, 0.05) is 47.6 Å². The van der Waals surface area contributed by atoms with E-state index in [0.717, 1.165) is 22.0 Å². The zero-order valence-corrected chi connectivity index (χ0v) is 25.2. The number of carbonyl (C=O) groups is 3. The fraction of sp³-hybridized carbons (Fsp3) is 0.567. The number of urea groups is 1. The Balaban J connectivity index is 0.00000113. The highest BCUT2D eigenvalue weighted by Gasteiger charge is 2.36. The van der Waals surface area contributed by atoms with Crippen LogP contribution in [0.3, 0.4) is 0 Å². The van der Waals surface area contributed by atoms with Crippen molar-refractivity contribution < 1.29 is 19.1 Å². The van der Waals surface area contributed by atoms with Crippen LogP contribution in [-0.4, -0.2) is 79.3 Å². The maximum atomic E-state index is 13.7. The molecule has 3 aromatic rings. The van der Waals surface area contributed by atoms with E-state index in [4.69, 9.17) is 14.8 Å². The lowest BCUT2D eigenvalue weighted by Gasteiger charge is -2.35. The highest BCUT2D eigenvalue weighted by atomic mass is 16.5. The largest absolute Gasteiger partial charge is 0.464 e. The second-order valence-corrected chi connectivity index (χ2v) is 12.1. The van der Waals surface area contributed by atoms with Crippen molar-refractivity contribution in [2.75, 3.05) is 19.7 Å². The molecule has 1 aromatic carbocycles. The van der Waals surface area contributed by atoms with E-state index >= 15 is 0 Å². The van der Waals surface area contributed by atoms with Crippen LogP contribution in [0.4, 0.5) is 4.79 Å². The summed E-state index contributed by atoms with van der Waals surface area (Å²) in [6.07, 6.45) is 5.27. The molecule has 3 aliphatic rings. The van der Waals surface area contributed by atoms with Gasteiger partial charge in [0.05, 0.1) is 6.61 Å². The Labute approximate surface area is 246 Å². The summed E-state index contributed by atoms with van der Waals surface area (Å²) < 4.78 is 7.50. The van der Waals surface area contributed by atoms with E-state index in [1.165, 1.54) is 11.4 Å². The number of hydrogen-bond acceptors (Lipinski definition) is 7. The van der Waals surface area contributed by atoms with Gasteiger partial charge in [0.1, 0.15) is 18.8 Å². The van der Waals surface area contributed by atoms with Gasteiger partial charge in [-0.2, -0.15) is 5.10 Å². The van der Waals surface area contributed by atoms with Gasteiger partial charge in [-0.25, -0.2) is 19.9 Å². The number of amides is 3. The predicted molar refractivity (Wildman–Crippen MR) is 158 cm³/mol. The molecule has 3 amide bonds. The van der Waals surface area contributed by atoms with Crippen LogP contribution in [0.2, 0.25) is 0 Å². The van der Waals surface area contributed by atoms with E-state index in [1.54, 1.807) is 9.58 Å². The molecule has 5 heterocycles. The number of nitrogens with zero attached hydrogens (tertiary/aromatic N) is 5. The Morgan fingerprint density at radius 1 is 1.12 bits per heavy atom. The lowest BCUT2D eigenvalue weighted by molar-refractivity contribution is -0.155. The molecule has 1 fully saturated rings. The van der Waals surface area contributed by atoms with E-state index in [9.17, 15) is 14.4 Å². The van der Waals surface area contributed by atoms with Gasteiger partial charge in [0.2, 0.25) is 0 Å². The summed E-state index contributed by atoms with van der Waals surface area (Å²) in [6, 6.07) is 4.19. The number of benzene rings is 1. The van der Waals surface area contributed by atoms with Gasteiger partial charge in [0.15, 0.2) is 11.6 Å². The normalized spacial score (nSPS) is 22.5. The Bertz CT molecular complexity index is 1460. The van der Waals surface area contributed by atoms with Crippen LogP contribution in [0, 0.1) is 5.41 Å². The zero-order chi connectivity index (χ0) is 30.0. The van der Waals surface area contributed by atoms with Crippen molar-refractivity contribution in [2.24, 2.45) is 5.41 Å². The number of fused-ring (bicyclic) bond motifs is 8. The van der Waals surface area contributed by atoms with Crippen molar-refractivity contribution in [3.05, 3.63) is 35.8 Å². The SMILES string of the molecule is CCC.CCN1Cn2nc3nc2-c2ccc4[nH]cc(c4c2)CC(C)(C)COC(=O)C2CCCN(N2)C(=O)C(C3)NC1=O. The number of hydrazine groups is 1. The van der Waals surface area contributed by atoms with Gasteiger partial charge in [-0.3, -0.25) is 14.6 Å². The van der Waals surface area contributed by atoms with E-state index in [0.29, 0.717) is 44.0 Å². The van der Waals surface area contributed by atoms with E-state index in [1.807, 2.05) is 25.3 Å². The fourth-order valence-corrected chi connectivity index (χ4v) is 5.58. The number of aromatic amines is 1. The second kappa shape index (κ2) is 12.1. The van der Waals surface area contributed by atoms with Crippen LogP contribution in [-0.2, 0) is 33.8 Å². The number of rotatable bonds is 1. The minimum atomic E-state index is -0.896. The fourth-order valence-electron chi connectivity index (χ4n) is 5.58. The zero-order valence-electron chi connectivity index (χ0n) is 25.2. The van der Waals surface area contributed by atoms with Crippen LogP contribution < -0.4 is 10.7 Å². The van der Waals surface area contributed by atoms with E-state index in [-0.39, 0.29) is 43.0 Å². The van der Waals surface area contributed by atoms with Crippen molar-refractivity contribution in [3.63, 3.8) is 0 Å². The number of esters is 1. The Hall–Kier alpha value is -3.93. The highest BCUT2D eigenvalue weighted by Crippen LogP contribution is 2.31. The summed E-state index contributed by atoms with van der Waals surface area (Å²) >= 11 is 0. The minimum Gasteiger partial charge on any atom is -0.464 e. The number of carbonyl (C=O) groups excluding carboxylic acids is 3. The topological polar surface area (TPSA) is 137 Å². The molecule has 2 atom stereocenters. The summed E-state index contributed by atoms with van der Waals surface area (Å²) in [6.45, 7) is 11.6. The van der Waals surface area contributed by atoms with E-state index < -0.39 is 12.1 Å². The molecule has 0 radical (unpaired) electrons. The summed E-state index contributed by atoms with van der Waals surface area (Å²) in [5.74, 6) is 0.384. The van der Waals surface area contributed by atoms with Gasteiger partial charge in [-0.05, 0) is 49.9 Å². The van der Waals surface area contributed by atoms with Gasteiger partial charge >= 0.3 is 12.0 Å². The van der Waals surface area contributed by atoms with Crippen LogP contribution >= 0.6 is 0 Å². The molecule has 12 nitrogen and oxygen atoms in total. The molecule has 1 saturated heterocycles. The third-order valence-electron chi connectivity index (χ3n) is 7.71. The van der Waals surface area contributed by atoms with Crippen LogP contribution in [0.5, 0.6) is 0 Å². The molecule has 0 saturated carbocycles. The second-order valence-electron chi connectivity index (χ2n) is 12.1.